The van der Waals surface area contributed by atoms with E-state index >= 15 is 0 Å². The van der Waals surface area contributed by atoms with Crippen LogP contribution in [0.15, 0.2) is 35.7 Å². The Bertz CT molecular complexity index is 558. The van der Waals surface area contributed by atoms with Crippen molar-refractivity contribution in [1.29, 1.82) is 5.26 Å². The predicted molar refractivity (Wildman–Crippen MR) is 77.2 cm³/mol. The molecule has 0 aliphatic carbocycles. The summed E-state index contributed by atoms with van der Waals surface area (Å²) >= 11 is 7.97. The molecule has 0 saturated carbocycles. The van der Waals surface area contributed by atoms with Crippen molar-refractivity contribution >= 4 is 28.6 Å². The Hall–Kier alpha value is -1.50. The zero-order chi connectivity index (χ0) is 13.0. The molecular weight excluding hydrogens is 264 g/mol. The lowest BCUT2D eigenvalue weighted by Gasteiger charge is -2.23. The first-order valence-corrected chi connectivity index (χ1v) is 6.97. The lowest BCUT2D eigenvalue weighted by Crippen LogP contribution is -2.21. The number of nitrogens with zero attached hydrogens (tertiary/aromatic N) is 2. The smallest absolute Gasteiger partial charge is 0.0992 e. The Morgan fingerprint density at radius 2 is 2.22 bits per heavy atom. The van der Waals surface area contributed by atoms with Gasteiger partial charge in [0.1, 0.15) is 0 Å². The molecule has 0 amide bonds. The molecule has 0 unspecified atom stereocenters. The fourth-order valence-electron chi connectivity index (χ4n) is 1.79. The van der Waals surface area contributed by atoms with Crippen LogP contribution in [0.1, 0.15) is 17.4 Å². The zero-order valence-electron chi connectivity index (χ0n) is 10.1. The molecule has 18 heavy (non-hydrogen) atoms. The molecule has 0 atom stereocenters. The Kier molecular flexibility index (Phi) is 4.24. The van der Waals surface area contributed by atoms with Gasteiger partial charge in [-0.2, -0.15) is 5.26 Å². The van der Waals surface area contributed by atoms with Gasteiger partial charge in [-0.05, 0) is 36.6 Å². The minimum atomic E-state index is 0.593. The first-order chi connectivity index (χ1) is 8.74. The van der Waals surface area contributed by atoms with E-state index in [1.807, 2.05) is 12.1 Å². The van der Waals surface area contributed by atoms with E-state index in [9.17, 15) is 0 Å². The van der Waals surface area contributed by atoms with Crippen molar-refractivity contribution < 1.29 is 0 Å². The average molecular weight is 277 g/mol. The number of rotatable bonds is 4. The third-order valence-corrected chi connectivity index (χ3v) is 3.89. The zero-order valence-corrected chi connectivity index (χ0v) is 11.6. The Labute approximate surface area is 116 Å². The highest BCUT2D eigenvalue weighted by Crippen LogP contribution is 2.28. The normalized spacial score (nSPS) is 10.1. The number of nitriles is 1. The molecule has 92 valence electrons. The highest BCUT2D eigenvalue weighted by atomic mass is 35.5. The van der Waals surface area contributed by atoms with Crippen LogP contribution < -0.4 is 4.90 Å². The molecule has 0 saturated heterocycles. The van der Waals surface area contributed by atoms with Crippen LogP contribution in [0.25, 0.3) is 0 Å². The quantitative estimate of drug-likeness (QED) is 0.832. The topological polar surface area (TPSA) is 27.0 Å². The number of halogens is 1. The summed E-state index contributed by atoms with van der Waals surface area (Å²) in [5, 5.41) is 11.5. The van der Waals surface area contributed by atoms with Crippen LogP contribution >= 0.6 is 22.9 Å². The van der Waals surface area contributed by atoms with E-state index in [-0.39, 0.29) is 0 Å². The summed E-state index contributed by atoms with van der Waals surface area (Å²) in [5.41, 5.74) is 1.57. The van der Waals surface area contributed by atoms with Crippen molar-refractivity contribution in [2.45, 2.75) is 13.5 Å². The molecule has 2 aromatic rings. The number of hydrogen-bond donors (Lipinski definition) is 0. The van der Waals surface area contributed by atoms with Crippen molar-refractivity contribution in [2.75, 3.05) is 11.4 Å². The van der Waals surface area contributed by atoms with Gasteiger partial charge in [0.2, 0.25) is 0 Å². The highest BCUT2D eigenvalue weighted by Gasteiger charge is 2.10. The van der Waals surface area contributed by atoms with Gasteiger partial charge in [-0.25, -0.2) is 0 Å². The molecule has 1 aromatic carbocycles. The fourth-order valence-corrected chi connectivity index (χ4v) is 2.81. The first-order valence-electron chi connectivity index (χ1n) is 5.71. The third-order valence-electron chi connectivity index (χ3n) is 2.73. The first kappa shape index (κ1) is 12.9. The van der Waals surface area contributed by atoms with Gasteiger partial charge in [-0.3, -0.25) is 0 Å². The van der Waals surface area contributed by atoms with Crippen molar-refractivity contribution in [3.05, 3.63) is 51.2 Å². The monoisotopic (exact) mass is 276 g/mol. The molecular formula is C14H13ClN2S. The van der Waals surface area contributed by atoms with Gasteiger partial charge in [0.25, 0.3) is 0 Å². The maximum atomic E-state index is 8.84. The van der Waals surface area contributed by atoms with Gasteiger partial charge in [0.05, 0.1) is 28.9 Å². The van der Waals surface area contributed by atoms with Crippen LogP contribution in [0.3, 0.4) is 0 Å². The summed E-state index contributed by atoms with van der Waals surface area (Å²) in [6.07, 6.45) is 0. The van der Waals surface area contributed by atoms with Crippen molar-refractivity contribution in [3.8, 4) is 6.07 Å². The molecule has 1 aromatic heterocycles. The van der Waals surface area contributed by atoms with E-state index in [1.165, 1.54) is 4.88 Å². The standard InChI is InChI=1S/C14H13ClN2S/c1-2-17(10-12-4-3-7-18-12)14-6-5-11(9-16)8-13(14)15/h3-8H,2,10H2,1H3. The van der Waals surface area contributed by atoms with E-state index in [2.05, 4.69) is 29.3 Å². The second kappa shape index (κ2) is 5.90. The van der Waals surface area contributed by atoms with E-state index < -0.39 is 0 Å². The second-order valence-electron chi connectivity index (χ2n) is 3.87. The minimum Gasteiger partial charge on any atom is -0.365 e. The molecule has 1 heterocycles. The largest absolute Gasteiger partial charge is 0.365 e. The molecule has 2 nitrogen and oxygen atoms in total. The predicted octanol–water partition coefficient (Wildman–Crippen LogP) is 4.30. The molecule has 0 aliphatic rings. The van der Waals surface area contributed by atoms with Crippen molar-refractivity contribution in [3.63, 3.8) is 0 Å². The van der Waals surface area contributed by atoms with Gasteiger partial charge >= 0.3 is 0 Å². The minimum absolute atomic E-state index is 0.593. The van der Waals surface area contributed by atoms with Gasteiger partial charge in [-0.1, -0.05) is 17.7 Å². The van der Waals surface area contributed by atoms with E-state index in [4.69, 9.17) is 16.9 Å². The SMILES string of the molecule is CCN(Cc1cccs1)c1ccc(C#N)cc1Cl. The maximum Gasteiger partial charge on any atom is 0.0992 e. The molecule has 0 radical (unpaired) electrons. The molecule has 0 spiro atoms. The van der Waals surface area contributed by atoms with E-state index in [0.717, 1.165) is 18.8 Å². The average Bonchev–Trinajstić information content (AvgIpc) is 2.89. The molecule has 0 fully saturated rings. The number of hydrogen-bond acceptors (Lipinski definition) is 3. The van der Waals surface area contributed by atoms with Gasteiger partial charge in [-0.15, -0.1) is 11.3 Å². The second-order valence-corrected chi connectivity index (χ2v) is 5.31. The van der Waals surface area contributed by atoms with E-state index in [0.29, 0.717) is 10.6 Å². The van der Waals surface area contributed by atoms with Crippen LogP contribution in [-0.4, -0.2) is 6.54 Å². The van der Waals surface area contributed by atoms with Crippen LogP contribution in [0.4, 0.5) is 5.69 Å². The maximum absolute atomic E-state index is 8.84. The molecule has 0 aliphatic heterocycles. The summed E-state index contributed by atoms with van der Waals surface area (Å²) < 4.78 is 0. The Morgan fingerprint density at radius 3 is 2.78 bits per heavy atom. The summed E-state index contributed by atoms with van der Waals surface area (Å²) in [5.74, 6) is 0. The van der Waals surface area contributed by atoms with Gasteiger partial charge < -0.3 is 4.90 Å². The number of benzene rings is 1. The third kappa shape index (κ3) is 2.84. The molecule has 0 bridgehead atoms. The summed E-state index contributed by atoms with van der Waals surface area (Å²) in [7, 11) is 0. The molecule has 2 rings (SSSR count). The number of thiophene rings is 1. The van der Waals surface area contributed by atoms with Crippen molar-refractivity contribution in [2.24, 2.45) is 0 Å². The summed E-state index contributed by atoms with van der Waals surface area (Å²) in [4.78, 5) is 3.51. The van der Waals surface area contributed by atoms with Crippen LogP contribution in [0.5, 0.6) is 0 Å². The van der Waals surface area contributed by atoms with Gasteiger partial charge in [0, 0.05) is 11.4 Å². The lowest BCUT2D eigenvalue weighted by atomic mass is 10.2. The fraction of sp³-hybridized carbons (Fsp3) is 0.214. The summed E-state index contributed by atoms with van der Waals surface area (Å²) in [6.45, 7) is 3.82. The Balaban J connectivity index is 2.25. The van der Waals surface area contributed by atoms with Crippen LogP contribution in [0.2, 0.25) is 5.02 Å². The molecule has 0 N–H and O–H groups in total. The van der Waals surface area contributed by atoms with E-state index in [1.54, 1.807) is 23.5 Å². The highest BCUT2D eigenvalue weighted by molar-refractivity contribution is 7.09. The Morgan fingerprint density at radius 1 is 1.39 bits per heavy atom. The van der Waals surface area contributed by atoms with Crippen LogP contribution in [0, 0.1) is 11.3 Å². The summed E-state index contributed by atoms with van der Waals surface area (Å²) in [6, 6.07) is 11.7. The number of anilines is 1. The van der Waals surface area contributed by atoms with Crippen molar-refractivity contribution in [1.82, 2.24) is 0 Å². The molecule has 4 heteroatoms. The van der Waals surface area contributed by atoms with Crippen LogP contribution in [-0.2, 0) is 6.54 Å². The lowest BCUT2D eigenvalue weighted by molar-refractivity contribution is 0.842. The van der Waals surface area contributed by atoms with Gasteiger partial charge in [0.15, 0.2) is 0 Å².